The molecule has 1 aliphatic rings. The molecule has 4 rings (SSSR count). The predicted molar refractivity (Wildman–Crippen MR) is 128 cm³/mol. The van der Waals surface area contributed by atoms with Gasteiger partial charge in [-0.2, -0.15) is 28.4 Å². The number of aromatic nitrogens is 1. The number of halogens is 3. The van der Waals surface area contributed by atoms with Crippen LogP contribution in [0.4, 0.5) is 13.2 Å². The molecule has 5 nitrogen and oxygen atoms in total. The number of thiazole rings is 1. The molecule has 0 unspecified atom stereocenters. The second-order valence-corrected chi connectivity index (χ2v) is 10.8. The lowest BCUT2D eigenvalue weighted by Crippen LogP contribution is -2.19. The zero-order valence-electron chi connectivity index (χ0n) is 18.6. The smallest absolute Gasteiger partial charge is 0.416 e. The summed E-state index contributed by atoms with van der Waals surface area (Å²) >= 11 is 2.70. The van der Waals surface area contributed by atoms with Gasteiger partial charge in [0.1, 0.15) is 0 Å². The van der Waals surface area contributed by atoms with Gasteiger partial charge in [0.2, 0.25) is 5.88 Å². The summed E-state index contributed by atoms with van der Waals surface area (Å²) < 4.78 is 42.8. The minimum atomic E-state index is -4.62. The molecule has 1 aromatic heterocycles. The fraction of sp³-hybridized carbons (Fsp3) is 0.292. The largest absolute Gasteiger partial charge is 0.492 e. The van der Waals surface area contributed by atoms with Crippen molar-refractivity contribution < 1.29 is 23.4 Å². The molecule has 2 N–H and O–H groups in total. The Morgan fingerprint density at radius 2 is 1.88 bits per heavy atom. The van der Waals surface area contributed by atoms with Crippen LogP contribution in [0.2, 0.25) is 0 Å². The first kappa shape index (κ1) is 24.4. The SMILES string of the molecule is CCSc1nc(O)c(C(Cc2ccc(C(C)(C)O)cc2C(F)(F)F)=c2ccc3c(c2)C=NN=3)s1. The van der Waals surface area contributed by atoms with E-state index in [1.54, 1.807) is 24.4 Å². The predicted octanol–water partition coefficient (Wildman–Crippen LogP) is 4.62. The van der Waals surface area contributed by atoms with Gasteiger partial charge in [-0.05, 0) is 59.7 Å². The van der Waals surface area contributed by atoms with Crippen LogP contribution >= 0.6 is 23.1 Å². The Morgan fingerprint density at radius 1 is 1.12 bits per heavy atom. The molecule has 0 saturated heterocycles. The number of aromatic hydroxyl groups is 1. The highest BCUT2D eigenvalue weighted by Crippen LogP contribution is 2.39. The van der Waals surface area contributed by atoms with E-state index in [0.717, 1.165) is 17.4 Å². The topological polar surface area (TPSA) is 78.1 Å². The maximum Gasteiger partial charge on any atom is 0.416 e. The third-order valence-corrected chi connectivity index (χ3v) is 7.49. The summed E-state index contributed by atoms with van der Waals surface area (Å²) in [6, 6.07) is 9.19. The first-order valence-corrected chi connectivity index (χ1v) is 12.3. The highest BCUT2D eigenvalue weighted by atomic mass is 32.2. The standard InChI is InChI=1S/C24H22F3N3O2S2/c1-4-33-22-29-21(31)20(34-22)17(13-6-8-19-15(9-13)12-28-30-19)10-14-5-7-16(23(2,3)32)11-18(14)24(25,26)27/h5-9,11-12,31-32H,4,10H2,1-3H3. The van der Waals surface area contributed by atoms with Crippen molar-refractivity contribution in [3.63, 3.8) is 0 Å². The monoisotopic (exact) mass is 505 g/mol. The van der Waals surface area contributed by atoms with Crippen LogP contribution in [-0.4, -0.2) is 27.2 Å². The van der Waals surface area contributed by atoms with Gasteiger partial charge in [0.05, 0.1) is 27.6 Å². The molecule has 0 saturated carbocycles. The van der Waals surface area contributed by atoms with E-state index in [9.17, 15) is 23.4 Å². The van der Waals surface area contributed by atoms with Crippen molar-refractivity contribution in [1.82, 2.24) is 4.98 Å². The number of rotatable bonds is 6. The van der Waals surface area contributed by atoms with E-state index < -0.39 is 17.3 Å². The van der Waals surface area contributed by atoms with Gasteiger partial charge in [-0.25, -0.2) is 0 Å². The summed E-state index contributed by atoms with van der Waals surface area (Å²) in [4.78, 5) is 4.61. The van der Waals surface area contributed by atoms with Crippen molar-refractivity contribution in [3.05, 3.63) is 74.1 Å². The summed E-state index contributed by atoms with van der Waals surface area (Å²) in [6.07, 6.45) is -3.13. The third-order valence-electron chi connectivity index (χ3n) is 5.36. The average molecular weight is 506 g/mol. The molecule has 34 heavy (non-hydrogen) atoms. The van der Waals surface area contributed by atoms with Gasteiger partial charge in [0, 0.05) is 12.0 Å². The summed E-state index contributed by atoms with van der Waals surface area (Å²) in [5.74, 6) is 0.534. The maximum absolute atomic E-state index is 14.1. The molecule has 0 bridgehead atoms. The van der Waals surface area contributed by atoms with Crippen LogP contribution < -0.4 is 10.6 Å². The van der Waals surface area contributed by atoms with Crippen molar-refractivity contribution >= 4 is 34.9 Å². The number of alkyl halides is 3. The lowest BCUT2D eigenvalue weighted by Gasteiger charge is -2.22. The molecule has 178 valence electrons. The molecule has 0 radical (unpaired) electrons. The lowest BCUT2D eigenvalue weighted by molar-refractivity contribution is -0.138. The van der Waals surface area contributed by atoms with Crippen molar-refractivity contribution in [2.24, 2.45) is 10.2 Å². The Hall–Kier alpha value is -2.69. The van der Waals surface area contributed by atoms with Crippen LogP contribution in [0.1, 0.15) is 47.9 Å². The van der Waals surface area contributed by atoms with E-state index in [4.69, 9.17) is 0 Å². The highest BCUT2D eigenvalue weighted by molar-refractivity contribution is 8.01. The number of thioether (sulfide) groups is 1. The van der Waals surface area contributed by atoms with Crippen molar-refractivity contribution in [3.8, 4) is 5.88 Å². The van der Waals surface area contributed by atoms with Gasteiger partial charge < -0.3 is 10.2 Å². The molecule has 2 aromatic carbocycles. The zero-order valence-corrected chi connectivity index (χ0v) is 20.3. The second-order valence-electron chi connectivity index (χ2n) is 8.27. The van der Waals surface area contributed by atoms with Gasteiger partial charge in [-0.1, -0.05) is 36.9 Å². The number of hydrogen-bond donors (Lipinski definition) is 2. The van der Waals surface area contributed by atoms with Gasteiger partial charge >= 0.3 is 6.18 Å². The molecule has 0 amide bonds. The molecule has 0 spiro atoms. The van der Waals surface area contributed by atoms with Crippen LogP contribution in [-0.2, 0) is 18.2 Å². The van der Waals surface area contributed by atoms with Crippen molar-refractivity contribution in [1.29, 1.82) is 0 Å². The Morgan fingerprint density at radius 3 is 2.56 bits per heavy atom. The second kappa shape index (κ2) is 9.16. The normalized spacial score (nSPS) is 14.2. The Kier molecular flexibility index (Phi) is 6.58. The van der Waals surface area contributed by atoms with Crippen LogP contribution in [0, 0.1) is 0 Å². The average Bonchev–Trinajstić information content (AvgIpc) is 3.36. The Bertz CT molecular complexity index is 1390. The Labute approximate surface area is 202 Å². The first-order valence-electron chi connectivity index (χ1n) is 10.5. The molecular weight excluding hydrogens is 483 g/mol. The quantitative estimate of drug-likeness (QED) is 0.480. The number of hydrogen-bond acceptors (Lipinski definition) is 7. The van der Waals surface area contributed by atoms with E-state index >= 15 is 0 Å². The summed E-state index contributed by atoms with van der Waals surface area (Å²) in [7, 11) is 0. The van der Waals surface area contributed by atoms with E-state index in [1.165, 1.54) is 49.1 Å². The fourth-order valence-corrected chi connectivity index (χ4v) is 5.64. The van der Waals surface area contributed by atoms with Crippen molar-refractivity contribution in [2.75, 3.05) is 5.75 Å². The van der Waals surface area contributed by atoms with Gasteiger partial charge in [-0.15, -0.1) is 11.3 Å². The first-order chi connectivity index (χ1) is 16.0. The van der Waals surface area contributed by atoms with Crippen LogP contribution in [0.3, 0.4) is 0 Å². The van der Waals surface area contributed by atoms with E-state index in [1.807, 2.05) is 6.92 Å². The summed E-state index contributed by atoms with van der Waals surface area (Å²) in [5.41, 5.74) is -0.780. The molecule has 2 heterocycles. The summed E-state index contributed by atoms with van der Waals surface area (Å²) in [5, 5.41) is 30.1. The number of benzene rings is 2. The minimum Gasteiger partial charge on any atom is -0.492 e. The van der Waals surface area contributed by atoms with Crippen LogP contribution in [0.5, 0.6) is 5.88 Å². The van der Waals surface area contributed by atoms with Gasteiger partial charge in [0.15, 0.2) is 4.34 Å². The summed E-state index contributed by atoms with van der Waals surface area (Å²) in [6.45, 7) is 4.84. The Balaban J connectivity index is 1.93. The van der Waals surface area contributed by atoms with Crippen LogP contribution in [0.15, 0.2) is 50.9 Å². The van der Waals surface area contributed by atoms with Crippen molar-refractivity contribution in [2.45, 2.75) is 43.3 Å². The van der Waals surface area contributed by atoms with E-state index in [2.05, 4.69) is 15.2 Å². The highest BCUT2D eigenvalue weighted by Gasteiger charge is 2.35. The van der Waals surface area contributed by atoms with E-state index in [-0.39, 0.29) is 23.4 Å². The van der Waals surface area contributed by atoms with Gasteiger partial charge in [0.25, 0.3) is 0 Å². The third kappa shape index (κ3) is 5.03. The maximum atomic E-state index is 14.1. The van der Waals surface area contributed by atoms with Gasteiger partial charge in [-0.3, -0.25) is 0 Å². The molecule has 0 atom stereocenters. The molecule has 0 aliphatic carbocycles. The molecule has 10 heteroatoms. The minimum absolute atomic E-state index is 0.0341. The molecule has 0 fully saturated rings. The number of aliphatic hydroxyl groups is 1. The molecule has 1 aliphatic heterocycles. The van der Waals surface area contributed by atoms with E-state index in [0.29, 0.717) is 25.4 Å². The number of nitrogens with zero attached hydrogens (tertiary/aromatic N) is 3. The molecular formula is C24H22F3N3O2S2. The van der Waals surface area contributed by atoms with Crippen LogP contribution in [0.25, 0.3) is 5.57 Å². The lowest BCUT2D eigenvalue weighted by atomic mass is 9.90. The number of fused-ring (bicyclic) bond motifs is 1. The zero-order chi connectivity index (χ0) is 24.7. The molecule has 3 aromatic rings. The fourth-order valence-electron chi connectivity index (χ4n) is 3.64.